The molecule has 1 heterocycles. The van der Waals surface area contributed by atoms with Crippen LogP contribution in [0.4, 0.5) is 5.13 Å². The first-order valence-corrected chi connectivity index (χ1v) is 8.60. The number of hydrogen-bond donors (Lipinski definition) is 1. The summed E-state index contributed by atoms with van der Waals surface area (Å²) in [4.78, 5) is 4.37. The fourth-order valence-corrected chi connectivity index (χ4v) is 3.94. The quantitative estimate of drug-likeness (QED) is 0.943. The molecule has 1 N–H and O–H groups in total. The first-order valence-electron chi connectivity index (χ1n) is 5.34. The van der Waals surface area contributed by atoms with Crippen molar-refractivity contribution in [2.75, 3.05) is 17.3 Å². The van der Waals surface area contributed by atoms with E-state index in [4.69, 9.17) is 11.6 Å². The van der Waals surface area contributed by atoms with Gasteiger partial charge in [0.15, 0.2) is 5.13 Å². The predicted molar refractivity (Wildman–Crippen MR) is 77.4 cm³/mol. The number of benzene rings is 1. The van der Waals surface area contributed by atoms with Gasteiger partial charge in [0.25, 0.3) is 0 Å². The smallest absolute Gasteiger partial charge is 0.184 e. The second kappa shape index (κ2) is 5.03. The van der Waals surface area contributed by atoms with E-state index in [0.29, 0.717) is 10.2 Å². The minimum absolute atomic E-state index is 0.0800. The number of nitrogens with one attached hydrogen (secondary N) is 1. The van der Waals surface area contributed by atoms with E-state index in [-0.39, 0.29) is 11.8 Å². The fraction of sp³-hybridized carbons (Fsp3) is 0.364. The van der Waals surface area contributed by atoms with Gasteiger partial charge in [0.2, 0.25) is 0 Å². The normalized spacial score (nSPS) is 13.7. The first-order chi connectivity index (χ1) is 8.35. The van der Waals surface area contributed by atoms with Gasteiger partial charge in [0, 0.05) is 12.3 Å². The summed E-state index contributed by atoms with van der Waals surface area (Å²) in [7, 11) is -2.99. The lowest BCUT2D eigenvalue weighted by Gasteiger charge is -2.10. The molecule has 2 aromatic rings. The van der Waals surface area contributed by atoms with E-state index in [1.54, 1.807) is 0 Å². The van der Waals surface area contributed by atoms with Gasteiger partial charge in [0.05, 0.1) is 21.0 Å². The average molecular weight is 305 g/mol. The molecule has 1 aromatic heterocycles. The van der Waals surface area contributed by atoms with Gasteiger partial charge < -0.3 is 5.32 Å². The van der Waals surface area contributed by atoms with Gasteiger partial charge in [-0.2, -0.15) is 0 Å². The maximum Gasteiger partial charge on any atom is 0.184 e. The van der Waals surface area contributed by atoms with Crippen LogP contribution in [0.3, 0.4) is 0 Å². The van der Waals surface area contributed by atoms with Crippen LogP contribution in [0.25, 0.3) is 10.2 Å². The number of aromatic nitrogens is 1. The number of thiazole rings is 1. The molecule has 0 bridgehead atoms. The third kappa shape index (κ3) is 3.34. The summed E-state index contributed by atoms with van der Waals surface area (Å²) >= 11 is 7.49. The highest BCUT2D eigenvalue weighted by Gasteiger charge is 2.13. The Labute approximate surface area is 115 Å². The van der Waals surface area contributed by atoms with Crippen molar-refractivity contribution in [1.29, 1.82) is 0 Å². The zero-order valence-electron chi connectivity index (χ0n) is 9.97. The molecule has 0 saturated heterocycles. The zero-order chi connectivity index (χ0) is 13.3. The average Bonchev–Trinajstić information content (AvgIpc) is 2.58. The van der Waals surface area contributed by atoms with Gasteiger partial charge >= 0.3 is 0 Å². The van der Waals surface area contributed by atoms with E-state index >= 15 is 0 Å². The molecule has 7 heteroatoms. The van der Waals surface area contributed by atoms with Crippen molar-refractivity contribution in [2.45, 2.75) is 13.0 Å². The zero-order valence-corrected chi connectivity index (χ0v) is 12.4. The number of sulfone groups is 1. The summed E-state index contributed by atoms with van der Waals surface area (Å²) in [6.07, 6.45) is 1.22. The van der Waals surface area contributed by atoms with Crippen LogP contribution in [0.1, 0.15) is 6.92 Å². The minimum Gasteiger partial charge on any atom is -0.358 e. The summed E-state index contributed by atoms with van der Waals surface area (Å²) in [5, 5.41) is 4.43. The predicted octanol–water partition coefficient (Wildman–Crippen LogP) is 2.79. The molecular formula is C11H13ClN2O2S2. The third-order valence-electron chi connectivity index (χ3n) is 2.29. The Morgan fingerprint density at radius 1 is 1.50 bits per heavy atom. The molecule has 4 nitrogen and oxygen atoms in total. The summed E-state index contributed by atoms with van der Waals surface area (Å²) in [6, 6.07) is 5.35. The molecule has 0 aliphatic heterocycles. The van der Waals surface area contributed by atoms with Crippen molar-refractivity contribution in [3.8, 4) is 0 Å². The number of halogens is 1. The lowest BCUT2D eigenvalue weighted by molar-refractivity contribution is 0.598. The number of hydrogen-bond acceptors (Lipinski definition) is 5. The highest BCUT2D eigenvalue weighted by Crippen LogP contribution is 2.31. The third-order valence-corrected chi connectivity index (χ3v) is 4.86. The van der Waals surface area contributed by atoms with E-state index in [1.165, 1.54) is 17.6 Å². The van der Waals surface area contributed by atoms with Crippen LogP contribution in [0.2, 0.25) is 5.02 Å². The maximum atomic E-state index is 11.2. The Morgan fingerprint density at radius 3 is 2.83 bits per heavy atom. The van der Waals surface area contributed by atoms with Crippen LogP contribution in [0, 0.1) is 0 Å². The Bertz CT molecular complexity index is 667. The van der Waals surface area contributed by atoms with Crippen molar-refractivity contribution in [3.05, 3.63) is 23.2 Å². The van der Waals surface area contributed by atoms with E-state index in [0.717, 1.165) is 10.2 Å². The topological polar surface area (TPSA) is 59.1 Å². The van der Waals surface area contributed by atoms with E-state index in [1.807, 2.05) is 25.1 Å². The highest BCUT2D eigenvalue weighted by molar-refractivity contribution is 7.90. The van der Waals surface area contributed by atoms with Crippen molar-refractivity contribution in [3.63, 3.8) is 0 Å². The van der Waals surface area contributed by atoms with Crippen LogP contribution >= 0.6 is 22.9 Å². The molecule has 0 aliphatic rings. The molecule has 0 aliphatic carbocycles. The monoisotopic (exact) mass is 304 g/mol. The molecule has 0 spiro atoms. The van der Waals surface area contributed by atoms with Crippen LogP contribution in [0.15, 0.2) is 18.2 Å². The van der Waals surface area contributed by atoms with Gasteiger partial charge in [0.1, 0.15) is 9.84 Å². The van der Waals surface area contributed by atoms with Crippen LogP contribution in [-0.4, -0.2) is 31.5 Å². The molecular weight excluding hydrogens is 292 g/mol. The van der Waals surface area contributed by atoms with Crippen LogP contribution < -0.4 is 5.32 Å². The minimum atomic E-state index is -2.99. The molecule has 0 fully saturated rings. The van der Waals surface area contributed by atoms with Crippen LogP contribution in [-0.2, 0) is 9.84 Å². The second-order valence-corrected chi connectivity index (χ2v) is 7.84. The first kappa shape index (κ1) is 13.6. The molecule has 98 valence electrons. The summed E-state index contributed by atoms with van der Waals surface area (Å²) in [5.74, 6) is 0.0800. The standard InChI is InChI=1S/C11H13ClN2O2S2/c1-7(6-18(2,15)16)13-11-14-9-5-3-4-8(12)10(9)17-11/h3-5,7H,6H2,1-2H3,(H,13,14). The largest absolute Gasteiger partial charge is 0.358 e. The van der Waals surface area contributed by atoms with Gasteiger partial charge in [-0.25, -0.2) is 13.4 Å². The Morgan fingerprint density at radius 2 is 2.22 bits per heavy atom. The molecule has 1 atom stereocenters. The Balaban J connectivity index is 2.20. The Kier molecular flexibility index (Phi) is 3.79. The summed E-state index contributed by atoms with van der Waals surface area (Å²) in [6.45, 7) is 1.81. The second-order valence-electron chi connectivity index (χ2n) is 4.24. The lowest BCUT2D eigenvalue weighted by atomic mass is 10.3. The van der Waals surface area contributed by atoms with Gasteiger partial charge in [-0.1, -0.05) is 29.0 Å². The van der Waals surface area contributed by atoms with Crippen molar-refractivity contribution in [2.24, 2.45) is 0 Å². The summed E-state index contributed by atoms with van der Waals surface area (Å²) < 4.78 is 23.3. The van der Waals surface area contributed by atoms with Crippen molar-refractivity contribution < 1.29 is 8.42 Å². The summed E-state index contributed by atoms with van der Waals surface area (Å²) in [5.41, 5.74) is 0.821. The number of fused-ring (bicyclic) bond motifs is 1. The number of nitrogens with zero attached hydrogens (tertiary/aromatic N) is 1. The molecule has 2 rings (SSSR count). The van der Waals surface area contributed by atoms with Gasteiger partial charge in [-0.15, -0.1) is 0 Å². The highest BCUT2D eigenvalue weighted by atomic mass is 35.5. The SMILES string of the molecule is CC(CS(C)(=O)=O)Nc1nc2cccc(Cl)c2s1. The fourth-order valence-electron chi connectivity index (χ4n) is 1.68. The van der Waals surface area contributed by atoms with Gasteiger partial charge in [-0.3, -0.25) is 0 Å². The molecule has 1 aromatic carbocycles. The molecule has 0 radical (unpaired) electrons. The van der Waals surface area contributed by atoms with Crippen molar-refractivity contribution in [1.82, 2.24) is 4.98 Å². The molecule has 0 saturated carbocycles. The Hall–Kier alpha value is -0.850. The lowest BCUT2D eigenvalue weighted by Crippen LogP contribution is -2.24. The molecule has 18 heavy (non-hydrogen) atoms. The van der Waals surface area contributed by atoms with Crippen molar-refractivity contribution >= 4 is 48.1 Å². The van der Waals surface area contributed by atoms with E-state index in [9.17, 15) is 8.42 Å². The number of anilines is 1. The van der Waals surface area contributed by atoms with Crippen LogP contribution in [0.5, 0.6) is 0 Å². The van der Waals surface area contributed by atoms with E-state index in [2.05, 4.69) is 10.3 Å². The molecule has 0 amide bonds. The van der Waals surface area contributed by atoms with Gasteiger partial charge in [-0.05, 0) is 19.1 Å². The maximum absolute atomic E-state index is 11.2. The number of rotatable bonds is 4. The van der Waals surface area contributed by atoms with E-state index < -0.39 is 9.84 Å². The molecule has 1 unspecified atom stereocenters.